The highest BCUT2D eigenvalue weighted by Gasteiger charge is 2.08. The van der Waals surface area contributed by atoms with E-state index in [0.29, 0.717) is 5.82 Å². The highest BCUT2D eigenvalue weighted by molar-refractivity contribution is 5.81. The highest BCUT2D eigenvalue weighted by Crippen LogP contribution is 2.25. The Morgan fingerprint density at radius 1 is 1.11 bits per heavy atom. The number of halogens is 1. The molecule has 0 amide bonds. The Labute approximate surface area is 110 Å². The first-order valence-corrected chi connectivity index (χ1v) is 6.07. The third-order valence-electron chi connectivity index (χ3n) is 3.37. The molecule has 0 aliphatic carbocycles. The summed E-state index contributed by atoms with van der Waals surface area (Å²) in [4.78, 5) is 7.76. The number of aryl methyl sites for hydroxylation is 2. The molecule has 2 aromatic carbocycles. The molecule has 0 bridgehead atoms. The van der Waals surface area contributed by atoms with Crippen LogP contribution in [0.1, 0.15) is 11.1 Å². The van der Waals surface area contributed by atoms with Gasteiger partial charge in [0.05, 0.1) is 16.7 Å². The second-order valence-corrected chi connectivity index (χ2v) is 4.78. The molecule has 0 aliphatic heterocycles. The molecular weight excluding hydrogens is 241 g/mol. The van der Waals surface area contributed by atoms with E-state index in [1.165, 1.54) is 17.2 Å². The van der Waals surface area contributed by atoms with E-state index in [4.69, 9.17) is 5.73 Å². The van der Waals surface area contributed by atoms with Crippen LogP contribution >= 0.6 is 0 Å². The van der Waals surface area contributed by atoms with Crippen LogP contribution in [0.4, 0.5) is 10.1 Å². The minimum atomic E-state index is -0.411. The van der Waals surface area contributed by atoms with Gasteiger partial charge in [-0.2, -0.15) is 0 Å². The molecule has 0 fully saturated rings. The summed E-state index contributed by atoms with van der Waals surface area (Å²) in [6.07, 6.45) is 0. The third kappa shape index (κ3) is 1.95. The van der Waals surface area contributed by atoms with Gasteiger partial charge in [0, 0.05) is 5.56 Å². The topological polar surface area (TPSA) is 54.7 Å². The van der Waals surface area contributed by atoms with Crippen LogP contribution in [0.25, 0.3) is 22.4 Å². The molecule has 3 nitrogen and oxygen atoms in total. The summed E-state index contributed by atoms with van der Waals surface area (Å²) < 4.78 is 13.2. The molecular formula is C15H14FN3. The van der Waals surface area contributed by atoms with Gasteiger partial charge in [-0.05, 0) is 55.3 Å². The lowest BCUT2D eigenvalue weighted by molar-refractivity contribution is 0.632. The van der Waals surface area contributed by atoms with Gasteiger partial charge in [0.15, 0.2) is 0 Å². The molecule has 3 aromatic rings. The van der Waals surface area contributed by atoms with E-state index < -0.39 is 5.82 Å². The summed E-state index contributed by atoms with van der Waals surface area (Å²) in [7, 11) is 0. The fourth-order valence-electron chi connectivity index (χ4n) is 2.10. The number of nitrogens with zero attached hydrogens (tertiary/aromatic N) is 1. The summed E-state index contributed by atoms with van der Waals surface area (Å²) in [5, 5.41) is 0. The van der Waals surface area contributed by atoms with Crippen LogP contribution in [0, 0.1) is 19.7 Å². The zero-order valence-corrected chi connectivity index (χ0v) is 10.8. The van der Waals surface area contributed by atoms with Crippen LogP contribution in [0.15, 0.2) is 30.3 Å². The van der Waals surface area contributed by atoms with Crippen molar-refractivity contribution in [2.24, 2.45) is 0 Å². The normalized spacial score (nSPS) is 11.1. The molecule has 0 aliphatic rings. The van der Waals surface area contributed by atoms with Crippen molar-refractivity contribution in [2.75, 3.05) is 5.73 Å². The van der Waals surface area contributed by atoms with Crippen molar-refractivity contribution in [3.63, 3.8) is 0 Å². The van der Waals surface area contributed by atoms with Crippen LogP contribution in [0.2, 0.25) is 0 Å². The van der Waals surface area contributed by atoms with Crippen molar-refractivity contribution in [3.8, 4) is 11.4 Å². The number of aromatic nitrogens is 2. The van der Waals surface area contributed by atoms with Gasteiger partial charge in [0.25, 0.3) is 0 Å². The Kier molecular flexibility index (Phi) is 2.52. The molecule has 0 spiro atoms. The maximum absolute atomic E-state index is 13.2. The van der Waals surface area contributed by atoms with E-state index in [0.717, 1.165) is 16.6 Å². The highest BCUT2D eigenvalue weighted by atomic mass is 19.1. The first-order chi connectivity index (χ1) is 9.04. The zero-order valence-electron chi connectivity index (χ0n) is 10.8. The van der Waals surface area contributed by atoms with Crippen LogP contribution in [0.3, 0.4) is 0 Å². The summed E-state index contributed by atoms with van der Waals surface area (Å²) in [6.45, 7) is 4.12. The number of benzene rings is 2. The summed E-state index contributed by atoms with van der Waals surface area (Å²) in [6, 6.07) is 8.72. The number of imidazole rings is 1. The lowest BCUT2D eigenvalue weighted by Crippen LogP contribution is -1.91. The maximum Gasteiger partial charge on any atom is 0.146 e. The van der Waals surface area contributed by atoms with Crippen molar-refractivity contribution in [2.45, 2.75) is 13.8 Å². The number of hydrogen-bond acceptors (Lipinski definition) is 2. The Morgan fingerprint density at radius 3 is 2.58 bits per heavy atom. The number of rotatable bonds is 1. The van der Waals surface area contributed by atoms with Crippen molar-refractivity contribution in [3.05, 3.63) is 47.3 Å². The summed E-state index contributed by atoms with van der Waals surface area (Å²) in [5.41, 5.74) is 10.8. The van der Waals surface area contributed by atoms with Gasteiger partial charge in [-0.15, -0.1) is 0 Å². The molecule has 1 aromatic heterocycles. The molecule has 19 heavy (non-hydrogen) atoms. The molecule has 1 heterocycles. The Balaban J connectivity index is 2.17. The predicted octanol–water partition coefficient (Wildman–Crippen LogP) is 3.57. The number of nitrogen functional groups attached to an aromatic ring is 1. The molecule has 0 saturated carbocycles. The van der Waals surface area contributed by atoms with Gasteiger partial charge < -0.3 is 10.7 Å². The molecule has 0 radical (unpaired) electrons. The van der Waals surface area contributed by atoms with Crippen LogP contribution in [-0.4, -0.2) is 9.97 Å². The van der Waals surface area contributed by atoms with Crippen LogP contribution < -0.4 is 5.73 Å². The molecule has 3 N–H and O–H groups in total. The Bertz CT molecular complexity index is 735. The molecule has 3 rings (SSSR count). The van der Waals surface area contributed by atoms with Gasteiger partial charge in [-0.25, -0.2) is 9.37 Å². The monoisotopic (exact) mass is 255 g/mol. The number of fused-ring (bicyclic) bond motifs is 1. The van der Waals surface area contributed by atoms with Crippen LogP contribution in [-0.2, 0) is 0 Å². The first-order valence-electron chi connectivity index (χ1n) is 6.07. The number of nitrogens with two attached hydrogens (primary N) is 1. The number of anilines is 1. The lowest BCUT2D eigenvalue weighted by atomic mass is 10.1. The standard InChI is InChI=1S/C15H14FN3/c1-8-5-13-14(6-9(8)2)19-15(18-13)10-3-4-11(16)12(17)7-10/h3-7H,17H2,1-2H3,(H,18,19). The van der Waals surface area contributed by atoms with Gasteiger partial charge in [0.2, 0.25) is 0 Å². The largest absolute Gasteiger partial charge is 0.396 e. The van der Waals surface area contributed by atoms with Crippen molar-refractivity contribution in [1.29, 1.82) is 0 Å². The van der Waals surface area contributed by atoms with E-state index >= 15 is 0 Å². The average molecular weight is 255 g/mol. The second kappa shape index (κ2) is 4.09. The number of H-pyrrole nitrogens is 1. The molecule has 0 unspecified atom stereocenters. The van der Waals surface area contributed by atoms with E-state index in [-0.39, 0.29) is 5.69 Å². The van der Waals surface area contributed by atoms with Crippen molar-refractivity contribution >= 4 is 16.7 Å². The minimum absolute atomic E-state index is 0.130. The maximum atomic E-state index is 13.2. The lowest BCUT2D eigenvalue weighted by Gasteiger charge is -1.99. The Morgan fingerprint density at radius 2 is 1.84 bits per heavy atom. The van der Waals surface area contributed by atoms with E-state index in [1.54, 1.807) is 12.1 Å². The zero-order chi connectivity index (χ0) is 13.6. The average Bonchev–Trinajstić information content (AvgIpc) is 2.76. The smallest absolute Gasteiger partial charge is 0.146 e. The number of hydrogen-bond donors (Lipinski definition) is 2. The number of aromatic amines is 1. The minimum Gasteiger partial charge on any atom is -0.396 e. The summed E-state index contributed by atoms with van der Waals surface area (Å²) >= 11 is 0. The van der Waals surface area contributed by atoms with Gasteiger partial charge >= 0.3 is 0 Å². The molecule has 96 valence electrons. The fraction of sp³-hybridized carbons (Fsp3) is 0.133. The quantitative estimate of drug-likeness (QED) is 0.653. The third-order valence-corrected chi connectivity index (χ3v) is 3.37. The Hall–Kier alpha value is -2.36. The van der Waals surface area contributed by atoms with Crippen molar-refractivity contribution < 1.29 is 4.39 Å². The predicted molar refractivity (Wildman–Crippen MR) is 75.4 cm³/mol. The van der Waals surface area contributed by atoms with E-state index in [9.17, 15) is 4.39 Å². The SMILES string of the molecule is Cc1cc2nc(-c3ccc(F)c(N)c3)[nH]c2cc1C. The molecule has 0 saturated heterocycles. The van der Waals surface area contributed by atoms with Crippen LogP contribution in [0.5, 0.6) is 0 Å². The molecule has 0 atom stereocenters. The van der Waals surface area contributed by atoms with E-state index in [2.05, 4.69) is 29.9 Å². The van der Waals surface area contributed by atoms with Gasteiger partial charge in [-0.1, -0.05) is 0 Å². The van der Waals surface area contributed by atoms with E-state index in [1.807, 2.05) is 6.07 Å². The summed E-state index contributed by atoms with van der Waals surface area (Å²) in [5.74, 6) is 0.290. The second-order valence-electron chi connectivity index (χ2n) is 4.78. The van der Waals surface area contributed by atoms with Gasteiger partial charge in [-0.3, -0.25) is 0 Å². The molecule has 4 heteroatoms. The fourth-order valence-corrected chi connectivity index (χ4v) is 2.10. The van der Waals surface area contributed by atoms with Crippen molar-refractivity contribution in [1.82, 2.24) is 9.97 Å². The number of nitrogens with one attached hydrogen (secondary N) is 1. The first kappa shape index (κ1) is 11.7. The van der Waals surface area contributed by atoms with Gasteiger partial charge in [0.1, 0.15) is 11.6 Å².